The molecule has 3 aromatic rings. The Labute approximate surface area is 136 Å². The van der Waals surface area contributed by atoms with Gasteiger partial charge in [-0.25, -0.2) is 0 Å². The molecule has 0 radical (unpaired) electrons. The van der Waals surface area contributed by atoms with E-state index < -0.39 is 0 Å². The molecule has 0 fully saturated rings. The van der Waals surface area contributed by atoms with Crippen molar-refractivity contribution in [3.05, 3.63) is 52.5 Å². The first-order valence-electron chi connectivity index (χ1n) is 6.71. The van der Waals surface area contributed by atoms with E-state index in [4.69, 9.17) is 19.7 Å². The molecular formula is C15H14N4O3S. The normalized spacial score (nSPS) is 11.4. The van der Waals surface area contributed by atoms with Crippen LogP contribution in [0.25, 0.3) is 11.5 Å². The molecule has 0 aliphatic rings. The Morgan fingerprint density at radius 3 is 2.78 bits per heavy atom. The zero-order valence-corrected chi connectivity index (χ0v) is 13.1. The number of aromatic nitrogens is 2. The van der Waals surface area contributed by atoms with Gasteiger partial charge in [-0.1, -0.05) is 5.16 Å². The maximum atomic E-state index is 5.78. The highest BCUT2D eigenvalue weighted by molar-refractivity contribution is 7.08. The van der Waals surface area contributed by atoms with Gasteiger partial charge in [0.05, 0.1) is 7.11 Å². The van der Waals surface area contributed by atoms with Crippen molar-refractivity contribution in [1.29, 1.82) is 0 Å². The summed E-state index contributed by atoms with van der Waals surface area (Å²) >= 11 is 1.54. The smallest absolute Gasteiger partial charge is 0.257 e. The van der Waals surface area contributed by atoms with Crippen LogP contribution in [0.1, 0.15) is 11.5 Å². The van der Waals surface area contributed by atoms with E-state index in [0.29, 0.717) is 17.6 Å². The Morgan fingerprint density at radius 2 is 2.09 bits per heavy atom. The average molecular weight is 330 g/mol. The summed E-state index contributed by atoms with van der Waals surface area (Å²) in [6, 6.07) is 9.18. The summed E-state index contributed by atoms with van der Waals surface area (Å²) in [5, 5.41) is 15.5. The third-order valence-electron chi connectivity index (χ3n) is 2.97. The Balaban J connectivity index is 1.62. The van der Waals surface area contributed by atoms with Gasteiger partial charge in [-0.2, -0.15) is 11.3 Å². The number of rotatable bonds is 6. The second kappa shape index (κ2) is 6.93. The van der Waals surface area contributed by atoms with E-state index in [1.54, 1.807) is 7.11 Å². The highest BCUT2D eigenvalue weighted by atomic mass is 32.1. The van der Waals surface area contributed by atoms with Gasteiger partial charge in [0.25, 0.3) is 5.89 Å². The monoisotopic (exact) mass is 330 g/mol. The van der Waals surface area contributed by atoms with Crippen LogP contribution in [-0.4, -0.2) is 23.1 Å². The third kappa shape index (κ3) is 3.67. The second-order valence-corrected chi connectivity index (χ2v) is 5.27. The average Bonchev–Trinajstić information content (AvgIpc) is 3.27. The molecule has 2 aromatic heterocycles. The molecule has 0 saturated heterocycles. The summed E-state index contributed by atoms with van der Waals surface area (Å²) in [4.78, 5) is 5.14. The number of hydrogen-bond acceptors (Lipinski definition) is 7. The zero-order chi connectivity index (χ0) is 16.1. The van der Waals surface area contributed by atoms with Crippen LogP contribution < -0.4 is 10.5 Å². The van der Waals surface area contributed by atoms with Crippen molar-refractivity contribution in [2.75, 3.05) is 7.11 Å². The first-order valence-corrected chi connectivity index (χ1v) is 7.65. The highest BCUT2D eigenvalue weighted by Gasteiger charge is 2.09. The van der Waals surface area contributed by atoms with Gasteiger partial charge in [0.1, 0.15) is 5.75 Å². The predicted octanol–water partition coefficient (Wildman–Crippen LogP) is 2.64. The Morgan fingerprint density at radius 1 is 1.26 bits per heavy atom. The van der Waals surface area contributed by atoms with Crippen LogP contribution in [-0.2, 0) is 11.4 Å². The van der Waals surface area contributed by atoms with E-state index in [1.807, 2.05) is 41.1 Å². The van der Waals surface area contributed by atoms with E-state index in [2.05, 4.69) is 15.4 Å². The van der Waals surface area contributed by atoms with E-state index in [0.717, 1.165) is 16.9 Å². The number of methoxy groups -OCH3 is 1. The minimum absolute atomic E-state index is 0.0496. The molecule has 0 aliphatic carbocycles. The molecule has 0 saturated carbocycles. The van der Waals surface area contributed by atoms with Crippen LogP contribution in [0.3, 0.4) is 0 Å². The summed E-state index contributed by atoms with van der Waals surface area (Å²) in [6.45, 7) is 0.0496. The Bertz CT molecular complexity index is 781. The molecule has 2 heterocycles. The summed E-state index contributed by atoms with van der Waals surface area (Å²) in [5.74, 6) is 1.79. The van der Waals surface area contributed by atoms with Gasteiger partial charge < -0.3 is 19.7 Å². The Kier molecular flexibility index (Phi) is 4.53. The topological polar surface area (TPSA) is 95.8 Å². The largest absolute Gasteiger partial charge is 0.497 e. The maximum absolute atomic E-state index is 5.78. The van der Waals surface area contributed by atoms with Gasteiger partial charge in [-0.3, -0.25) is 0 Å². The van der Waals surface area contributed by atoms with Crippen molar-refractivity contribution >= 4 is 17.2 Å². The van der Waals surface area contributed by atoms with Gasteiger partial charge in [-0.05, 0) is 35.7 Å². The molecule has 7 nitrogen and oxygen atoms in total. The fraction of sp³-hybridized carbons (Fsp3) is 0.133. The molecular weight excluding hydrogens is 316 g/mol. The molecule has 2 N–H and O–H groups in total. The molecule has 8 heteroatoms. The van der Waals surface area contributed by atoms with Crippen molar-refractivity contribution in [3.63, 3.8) is 0 Å². The van der Waals surface area contributed by atoms with Gasteiger partial charge in [0.15, 0.2) is 12.4 Å². The van der Waals surface area contributed by atoms with Crippen LogP contribution in [0.2, 0.25) is 0 Å². The number of hydrogen-bond donors (Lipinski definition) is 1. The lowest BCUT2D eigenvalue weighted by atomic mass is 10.2. The van der Waals surface area contributed by atoms with E-state index in [-0.39, 0.29) is 6.61 Å². The molecule has 0 aliphatic heterocycles. The third-order valence-corrected chi connectivity index (χ3v) is 3.65. The van der Waals surface area contributed by atoms with Crippen molar-refractivity contribution in [2.24, 2.45) is 10.9 Å². The number of benzene rings is 1. The number of ether oxygens (including phenoxy) is 1. The van der Waals surface area contributed by atoms with Crippen LogP contribution in [0.15, 0.2) is 50.7 Å². The summed E-state index contributed by atoms with van der Waals surface area (Å²) in [5.41, 5.74) is 7.40. The minimum Gasteiger partial charge on any atom is -0.497 e. The fourth-order valence-corrected chi connectivity index (χ4v) is 2.43. The van der Waals surface area contributed by atoms with Gasteiger partial charge in [-0.15, -0.1) is 10.2 Å². The number of thiophene rings is 1. The molecule has 0 atom stereocenters. The molecule has 0 unspecified atom stereocenters. The van der Waals surface area contributed by atoms with Crippen molar-refractivity contribution in [1.82, 2.24) is 10.2 Å². The lowest BCUT2D eigenvalue weighted by Crippen LogP contribution is -2.12. The molecule has 3 rings (SSSR count). The van der Waals surface area contributed by atoms with E-state index in [9.17, 15) is 0 Å². The molecule has 0 amide bonds. The van der Waals surface area contributed by atoms with Gasteiger partial charge >= 0.3 is 0 Å². The van der Waals surface area contributed by atoms with Crippen LogP contribution >= 0.6 is 11.3 Å². The zero-order valence-electron chi connectivity index (χ0n) is 12.3. The summed E-state index contributed by atoms with van der Waals surface area (Å²) in [6.07, 6.45) is 0. The van der Waals surface area contributed by atoms with Crippen molar-refractivity contribution in [2.45, 2.75) is 6.61 Å². The molecule has 0 spiro atoms. The lowest BCUT2D eigenvalue weighted by Gasteiger charge is -1.99. The Hall–Kier alpha value is -2.87. The maximum Gasteiger partial charge on any atom is 0.257 e. The summed E-state index contributed by atoms with van der Waals surface area (Å²) in [7, 11) is 1.61. The first kappa shape index (κ1) is 15.0. The molecule has 118 valence electrons. The van der Waals surface area contributed by atoms with Crippen molar-refractivity contribution in [3.8, 4) is 17.2 Å². The molecule has 23 heavy (non-hydrogen) atoms. The van der Waals surface area contributed by atoms with E-state index >= 15 is 0 Å². The molecule has 1 aromatic carbocycles. The first-order chi connectivity index (χ1) is 11.3. The van der Waals surface area contributed by atoms with Crippen LogP contribution in [0, 0.1) is 0 Å². The lowest BCUT2D eigenvalue weighted by molar-refractivity contribution is 0.111. The standard InChI is InChI=1S/C15H14N4O3S/c1-20-12-4-2-10(3-5-12)15-18-17-13(22-15)8-21-19-14(16)11-6-7-23-9-11/h2-7,9H,8H2,1H3,(H2,16,19). The van der Waals surface area contributed by atoms with Crippen LogP contribution in [0.5, 0.6) is 5.75 Å². The number of nitrogens with two attached hydrogens (primary N) is 1. The predicted molar refractivity (Wildman–Crippen MR) is 86.1 cm³/mol. The minimum atomic E-state index is 0.0496. The van der Waals surface area contributed by atoms with Gasteiger partial charge in [0.2, 0.25) is 5.89 Å². The second-order valence-electron chi connectivity index (χ2n) is 4.49. The summed E-state index contributed by atoms with van der Waals surface area (Å²) < 4.78 is 10.6. The van der Waals surface area contributed by atoms with Gasteiger partial charge in [0, 0.05) is 16.5 Å². The highest BCUT2D eigenvalue weighted by Crippen LogP contribution is 2.21. The van der Waals surface area contributed by atoms with Crippen LogP contribution in [0.4, 0.5) is 0 Å². The number of nitrogens with zero attached hydrogens (tertiary/aromatic N) is 3. The number of oxime groups is 1. The van der Waals surface area contributed by atoms with Crippen molar-refractivity contribution < 1.29 is 14.0 Å². The number of amidine groups is 1. The SMILES string of the molecule is COc1ccc(-c2nnc(CO/N=C(\N)c3ccsc3)o2)cc1. The molecule has 0 bridgehead atoms. The van der Waals surface area contributed by atoms with E-state index in [1.165, 1.54) is 11.3 Å². The fourth-order valence-electron chi connectivity index (χ4n) is 1.78. The quantitative estimate of drug-likeness (QED) is 0.424.